The molecule has 0 rings (SSSR count). The van der Waals surface area contributed by atoms with Crippen LogP contribution in [0.2, 0.25) is 0 Å². The number of hydrogen-bond acceptors (Lipinski definition) is 3. The Kier molecular flexibility index (Phi) is 7.28. The molecule has 2 amide bonds. The topological polar surface area (TPSA) is 89.9 Å². The zero-order valence-electron chi connectivity index (χ0n) is 9.77. The summed E-state index contributed by atoms with van der Waals surface area (Å²) in [7, 11) is 1.50. The Morgan fingerprint density at radius 2 is 2.06 bits per heavy atom. The van der Waals surface area contributed by atoms with E-state index in [4.69, 9.17) is 10.2 Å². The number of carboxylic acids is 1. The van der Waals surface area contributed by atoms with Crippen LogP contribution in [0.25, 0.3) is 0 Å². The van der Waals surface area contributed by atoms with Crippen molar-refractivity contribution in [3.05, 3.63) is 0 Å². The van der Waals surface area contributed by atoms with Gasteiger partial charge in [0.1, 0.15) is 6.04 Å². The first-order valence-electron chi connectivity index (χ1n) is 5.38. The first-order chi connectivity index (χ1) is 7.52. The molecule has 1 atom stereocenters. The molecular weight excluding hydrogens is 212 g/mol. The van der Waals surface area contributed by atoms with Crippen molar-refractivity contribution >= 4 is 12.0 Å². The van der Waals surface area contributed by atoms with Gasteiger partial charge in [-0.25, -0.2) is 9.59 Å². The van der Waals surface area contributed by atoms with Crippen molar-refractivity contribution in [1.82, 2.24) is 10.2 Å². The second kappa shape index (κ2) is 7.92. The van der Waals surface area contributed by atoms with Gasteiger partial charge in [-0.15, -0.1) is 0 Å². The molecule has 0 spiro atoms. The van der Waals surface area contributed by atoms with Gasteiger partial charge in [0.25, 0.3) is 0 Å². The summed E-state index contributed by atoms with van der Waals surface area (Å²) in [6.45, 7) is 2.00. The Balaban J connectivity index is 4.17. The van der Waals surface area contributed by atoms with E-state index in [1.54, 1.807) is 0 Å². The first-order valence-corrected chi connectivity index (χ1v) is 5.38. The van der Waals surface area contributed by atoms with Crippen molar-refractivity contribution in [3.63, 3.8) is 0 Å². The van der Waals surface area contributed by atoms with E-state index in [2.05, 4.69) is 5.32 Å². The molecule has 0 bridgehead atoms. The highest BCUT2D eigenvalue weighted by atomic mass is 16.4. The fourth-order valence-electron chi connectivity index (χ4n) is 1.18. The Hall–Kier alpha value is -1.30. The number of likely N-dealkylation sites (N-methyl/N-ethyl adjacent to an activating group) is 1. The monoisotopic (exact) mass is 232 g/mol. The minimum absolute atomic E-state index is 0.142. The number of unbranched alkanes of at least 4 members (excludes halogenated alkanes) is 1. The van der Waals surface area contributed by atoms with Gasteiger partial charge in [0.2, 0.25) is 0 Å². The van der Waals surface area contributed by atoms with E-state index in [0.29, 0.717) is 6.42 Å². The number of aliphatic hydroxyl groups is 1. The predicted molar refractivity (Wildman–Crippen MR) is 59.2 cm³/mol. The molecule has 0 radical (unpaired) electrons. The average molecular weight is 232 g/mol. The summed E-state index contributed by atoms with van der Waals surface area (Å²) in [6.07, 6.45) is 2.05. The molecular formula is C10H20N2O4. The number of amides is 2. The number of urea groups is 1. The Bertz CT molecular complexity index is 233. The third-order valence-corrected chi connectivity index (χ3v) is 2.22. The molecule has 0 fully saturated rings. The fourth-order valence-corrected chi connectivity index (χ4v) is 1.18. The highest BCUT2D eigenvalue weighted by molar-refractivity contribution is 5.82. The van der Waals surface area contributed by atoms with Crippen LogP contribution in [0.4, 0.5) is 4.79 Å². The molecule has 0 aromatic carbocycles. The van der Waals surface area contributed by atoms with E-state index in [1.165, 1.54) is 11.9 Å². The number of rotatable bonds is 7. The van der Waals surface area contributed by atoms with Crippen LogP contribution in [0.15, 0.2) is 0 Å². The van der Waals surface area contributed by atoms with Crippen LogP contribution in [-0.4, -0.2) is 53.4 Å². The smallest absolute Gasteiger partial charge is 0.326 e. The zero-order valence-corrected chi connectivity index (χ0v) is 9.77. The summed E-state index contributed by atoms with van der Waals surface area (Å²) in [5.74, 6) is -1.03. The lowest BCUT2D eigenvalue weighted by Crippen LogP contribution is -2.47. The van der Waals surface area contributed by atoms with Gasteiger partial charge in [-0.05, 0) is 6.42 Å². The zero-order chi connectivity index (χ0) is 12.6. The van der Waals surface area contributed by atoms with Crippen molar-refractivity contribution < 1.29 is 19.8 Å². The van der Waals surface area contributed by atoms with Crippen LogP contribution in [0, 0.1) is 0 Å². The number of aliphatic hydroxyl groups excluding tert-OH is 1. The number of nitrogens with zero attached hydrogens (tertiary/aromatic N) is 1. The molecule has 94 valence electrons. The normalized spacial score (nSPS) is 11.9. The van der Waals surface area contributed by atoms with Gasteiger partial charge in [0.05, 0.1) is 6.61 Å². The summed E-state index contributed by atoms with van der Waals surface area (Å²) in [5.41, 5.74) is 0. The fraction of sp³-hybridized carbons (Fsp3) is 0.800. The molecule has 0 saturated carbocycles. The number of carbonyl (C=O) groups excluding carboxylic acids is 1. The van der Waals surface area contributed by atoms with Crippen molar-refractivity contribution in [2.24, 2.45) is 0 Å². The van der Waals surface area contributed by atoms with Crippen LogP contribution in [-0.2, 0) is 4.79 Å². The highest BCUT2D eigenvalue weighted by Gasteiger charge is 2.20. The molecule has 0 aromatic rings. The van der Waals surface area contributed by atoms with Gasteiger partial charge in [0.15, 0.2) is 0 Å². The predicted octanol–water partition coefficient (Wildman–Crippen LogP) is 0.263. The SMILES string of the molecule is CCCC[C@H](NC(=O)N(C)CCO)C(=O)O. The minimum Gasteiger partial charge on any atom is -0.480 e. The van der Waals surface area contributed by atoms with E-state index in [9.17, 15) is 9.59 Å². The third-order valence-electron chi connectivity index (χ3n) is 2.22. The maximum atomic E-state index is 11.5. The maximum Gasteiger partial charge on any atom is 0.326 e. The number of nitrogens with one attached hydrogen (secondary N) is 1. The lowest BCUT2D eigenvalue weighted by molar-refractivity contribution is -0.139. The number of carboxylic acid groups (broad SMARTS) is 1. The second-order valence-electron chi connectivity index (χ2n) is 3.63. The van der Waals surface area contributed by atoms with Gasteiger partial charge in [-0.3, -0.25) is 0 Å². The van der Waals surface area contributed by atoms with Crippen molar-refractivity contribution in [1.29, 1.82) is 0 Å². The molecule has 0 aliphatic heterocycles. The molecule has 0 aromatic heterocycles. The lowest BCUT2D eigenvalue weighted by Gasteiger charge is -2.20. The highest BCUT2D eigenvalue weighted by Crippen LogP contribution is 2.01. The summed E-state index contributed by atoms with van der Waals surface area (Å²) in [5, 5.41) is 19.9. The van der Waals surface area contributed by atoms with Crippen LogP contribution >= 0.6 is 0 Å². The van der Waals surface area contributed by atoms with Gasteiger partial charge >= 0.3 is 12.0 Å². The number of carbonyl (C=O) groups is 2. The molecule has 0 heterocycles. The van der Waals surface area contributed by atoms with E-state index >= 15 is 0 Å². The lowest BCUT2D eigenvalue weighted by atomic mass is 10.1. The molecule has 6 heteroatoms. The largest absolute Gasteiger partial charge is 0.480 e. The standard InChI is InChI=1S/C10H20N2O4/c1-3-4-5-8(9(14)15)11-10(16)12(2)6-7-13/h8,13H,3-7H2,1-2H3,(H,11,16)(H,14,15)/t8-/m0/s1. The molecule has 6 nitrogen and oxygen atoms in total. The van der Waals surface area contributed by atoms with Crippen molar-refractivity contribution in [2.45, 2.75) is 32.2 Å². The van der Waals surface area contributed by atoms with Gasteiger partial charge in [-0.1, -0.05) is 19.8 Å². The summed E-state index contributed by atoms with van der Waals surface area (Å²) < 4.78 is 0. The Morgan fingerprint density at radius 1 is 1.44 bits per heavy atom. The van der Waals surface area contributed by atoms with Gasteiger partial charge in [-0.2, -0.15) is 0 Å². The van der Waals surface area contributed by atoms with Crippen molar-refractivity contribution in [2.75, 3.05) is 20.2 Å². The number of hydrogen-bond donors (Lipinski definition) is 3. The number of aliphatic carboxylic acids is 1. The van der Waals surface area contributed by atoms with Gasteiger partial charge in [0, 0.05) is 13.6 Å². The Morgan fingerprint density at radius 3 is 2.50 bits per heavy atom. The van der Waals surface area contributed by atoms with Crippen molar-refractivity contribution in [3.8, 4) is 0 Å². The first kappa shape index (κ1) is 14.7. The van der Waals surface area contributed by atoms with Crippen LogP contribution in [0.1, 0.15) is 26.2 Å². The average Bonchev–Trinajstić information content (AvgIpc) is 2.23. The minimum atomic E-state index is -1.03. The van der Waals surface area contributed by atoms with E-state index < -0.39 is 18.0 Å². The van der Waals surface area contributed by atoms with Gasteiger partial charge < -0.3 is 20.4 Å². The van der Waals surface area contributed by atoms with E-state index in [0.717, 1.165) is 12.8 Å². The molecule has 0 saturated heterocycles. The Labute approximate surface area is 95.2 Å². The summed E-state index contributed by atoms with van der Waals surface area (Å²) >= 11 is 0. The van der Waals surface area contributed by atoms with Crippen LogP contribution < -0.4 is 5.32 Å². The maximum absolute atomic E-state index is 11.5. The third kappa shape index (κ3) is 5.55. The van der Waals surface area contributed by atoms with Crippen LogP contribution in [0.3, 0.4) is 0 Å². The van der Waals surface area contributed by atoms with E-state index in [-0.39, 0.29) is 13.2 Å². The molecule has 16 heavy (non-hydrogen) atoms. The van der Waals surface area contributed by atoms with E-state index in [1.807, 2.05) is 6.92 Å². The molecule has 0 aliphatic carbocycles. The quantitative estimate of drug-likeness (QED) is 0.587. The van der Waals surface area contributed by atoms with Crippen LogP contribution in [0.5, 0.6) is 0 Å². The molecule has 0 unspecified atom stereocenters. The summed E-state index contributed by atoms with van der Waals surface area (Å²) in [4.78, 5) is 23.5. The molecule has 0 aliphatic rings. The molecule has 3 N–H and O–H groups in total. The summed E-state index contributed by atoms with van der Waals surface area (Å²) in [6, 6.07) is -1.33. The second-order valence-corrected chi connectivity index (χ2v) is 3.63.